The average Bonchev–Trinajstić information content (AvgIpc) is 1.99. The van der Waals surface area contributed by atoms with Crippen LogP contribution in [0.1, 0.15) is 41.5 Å². The van der Waals surface area contributed by atoms with Gasteiger partial charge in [-0.25, -0.2) is 0 Å². The summed E-state index contributed by atoms with van der Waals surface area (Å²) in [5.41, 5.74) is -1.22. The van der Waals surface area contributed by atoms with Gasteiger partial charge in [-0.15, -0.1) is 5.06 Å². The molecule has 0 unspecified atom stereocenters. The normalized spacial score (nSPS) is 12.5. The Bertz CT molecular complexity index is 279. The number of nitrogens with one attached hydrogen (secondary N) is 1. The number of nitrogens with zero attached hydrogens (tertiary/aromatic N) is 1. The van der Waals surface area contributed by atoms with E-state index in [1.165, 1.54) is 12.0 Å². The lowest BCUT2D eigenvalue weighted by Gasteiger charge is -2.34. The van der Waals surface area contributed by atoms with Crippen molar-refractivity contribution in [1.29, 1.82) is 0 Å². The van der Waals surface area contributed by atoms with Crippen LogP contribution in [0, 0.1) is 0 Å². The van der Waals surface area contributed by atoms with Gasteiger partial charge in [-0.1, -0.05) is 0 Å². The van der Waals surface area contributed by atoms with Crippen LogP contribution in [0.5, 0.6) is 0 Å². The predicted molar refractivity (Wildman–Crippen MR) is 61.5 cm³/mol. The van der Waals surface area contributed by atoms with Gasteiger partial charge < -0.3 is 10.2 Å². The number of hydroxylamine groups is 2. The molecule has 0 rings (SSSR count). The molecular formula is C11H22N2O3. The minimum atomic E-state index is -0.904. The van der Waals surface area contributed by atoms with Crippen LogP contribution >= 0.6 is 0 Å². The number of likely N-dealkylation sites (N-methyl/N-ethyl adjacent to an activating group) is 1. The second-order valence-electron chi connectivity index (χ2n) is 5.34. The van der Waals surface area contributed by atoms with E-state index in [9.17, 15) is 9.59 Å². The van der Waals surface area contributed by atoms with Gasteiger partial charge in [0, 0.05) is 19.5 Å². The maximum absolute atomic E-state index is 12.0. The standard InChI is InChI=1S/C11H22N2O3/c1-8(14)16-13(7)11(5,6)9(15)12-10(2,3)4/h1-7H3,(H,12,15). The van der Waals surface area contributed by atoms with Crippen LogP contribution in [0.3, 0.4) is 0 Å². The van der Waals surface area contributed by atoms with Crippen LogP contribution in [0.4, 0.5) is 0 Å². The molecule has 5 nitrogen and oxygen atoms in total. The third kappa shape index (κ3) is 4.61. The Kier molecular flexibility index (Phi) is 4.49. The van der Waals surface area contributed by atoms with Gasteiger partial charge in [0.15, 0.2) is 0 Å². The van der Waals surface area contributed by atoms with Crippen molar-refractivity contribution in [3.05, 3.63) is 0 Å². The number of carbonyl (C=O) groups is 2. The molecule has 0 bridgehead atoms. The molecule has 94 valence electrons. The Balaban J connectivity index is 4.64. The molecule has 0 aromatic rings. The van der Waals surface area contributed by atoms with Gasteiger partial charge in [0.05, 0.1) is 0 Å². The molecule has 0 saturated heterocycles. The summed E-state index contributed by atoms with van der Waals surface area (Å²) >= 11 is 0. The molecule has 0 atom stereocenters. The summed E-state index contributed by atoms with van der Waals surface area (Å²) in [5.74, 6) is -0.636. The quantitative estimate of drug-likeness (QED) is 0.737. The van der Waals surface area contributed by atoms with E-state index in [0.717, 1.165) is 0 Å². The molecule has 0 heterocycles. The number of hydrogen-bond donors (Lipinski definition) is 1. The van der Waals surface area contributed by atoms with Gasteiger partial charge in [0.2, 0.25) is 5.91 Å². The van der Waals surface area contributed by atoms with E-state index in [1.807, 2.05) is 20.8 Å². The largest absolute Gasteiger partial charge is 0.368 e. The van der Waals surface area contributed by atoms with Crippen molar-refractivity contribution in [2.75, 3.05) is 7.05 Å². The summed E-state index contributed by atoms with van der Waals surface area (Å²) in [6.07, 6.45) is 0. The van der Waals surface area contributed by atoms with Crippen LogP contribution in [0.2, 0.25) is 0 Å². The molecule has 1 amide bonds. The Morgan fingerprint density at radius 3 is 1.88 bits per heavy atom. The van der Waals surface area contributed by atoms with E-state index in [-0.39, 0.29) is 11.4 Å². The zero-order chi connectivity index (χ0) is 13.1. The topological polar surface area (TPSA) is 58.6 Å². The van der Waals surface area contributed by atoms with Crippen molar-refractivity contribution in [1.82, 2.24) is 10.4 Å². The second-order valence-corrected chi connectivity index (χ2v) is 5.34. The zero-order valence-corrected chi connectivity index (χ0v) is 11.2. The van der Waals surface area contributed by atoms with Crippen LogP contribution in [-0.2, 0) is 14.4 Å². The highest BCUT2D eigenvalue weighted by Crippen LogP contribution is 2.15. The second kappa shape index (κ2) is 4.82. The lowest BCUT2D eigenvalue weighted by atomic mass is 10.0. The summed E-state index contributed by atoms with van der Waals surface area (Å²) in [4.78, 5) is 27.7. The Hall–Kier alpha value is -1.10. The fourth-order valence-corrected chi connectivity index (χ4v) is 0.943. The maximum atomic E-state index is 12.0. The van der Waals surface area contributed by atoms with Crippen LogP contribution in [0.25, 0.3) is 0 Å². The highest BCUT2D eigenvalue weighted by molar-refractivity contribution is 5.86. The Labute approximate surface area is 97.1 Å². The molecule has 0 aromatic heterocycles. The average molecular weight is 230 g/mol. The number of amides is 1. The molecule has 1 N–H and O–H groups in total. The van der Waals surface area contributed by atoms with Gasteiger partial charge in [-0.05, 0) is 34.6 Å². The third-order valence-electron chi connectivity index (χ3n) is 2.10. The monoisotopic (exact) mass is 230 g/mol. The van der Waals surface area contributed by atoms with Crippen molar-refractivity contribution in [3.63, 3.8) is 0 Å². The molecule has 0 aliphatic rings. The molecule has 16 heavy (non-hydrogen) atoms. The minimum absolute atomic E-state index is 0.191. The fourth-order valence-electron chi connectivity index (χ4n) is 0.943. The summed E-state index contributed by atoms with van der Waals surface area (Å²) < 4.78 is 0. The highest BCUT2D eigenvalue weighted by Gasteiger charge is 2.36. The number of rotatable bonds is 3. The van der Waals surface area contributed by atoms with Crippen molar-refractivity contribution in [3.8, 4) is 0 Å². The third-order valence-corrected chi connectivity index (χ3v) is 2.10. The number of hydrogen-bond acceptors (Lipinski definition) is 4. The Morgan fingerprint density at radius 2 is 1.56 bits per heavy atom. The minimum Gasteiger partial charge on any atom is -0.368 e. The molecule has 5 heteroatoms. The molecule has 0 fully saturated rings. The first-order valence-corrected chi connectivity index (χ1v) is 5.22. The van der Waals surface area contributed by atoms with E-state index < -0.39 is 11.5 Å². The van der Waals surface area contributed by atoms with E-state index >= 15 is 0 Å². The molecule has 0 saturated carbocycles. The molecule has 0 aliphatic carbocycles. The lowest BCUT2D eigenvalue weighted by Crippen LogP contribution is -2.57. The van der Waals surface area contributed by atoms with Gasteiger partial charge in [-0.2, -0.15) is 0 Å². The summed E-state index contributed by atoms with van der Waals surface area (Å²) in [6, 6.07) is 0. The summed E-state index contributed by atoms with van der Waals surface area (Å²) in [5, 5.41) is 4.10. The van der Waals surface area contributed by atoms with Gasteiger partial charge >= 0.3 is 5.97 Å². The summed E-state index contributed by atoms with van der Waals surface area (Å²) in [7, 11) is 1.56. The van der Waals surface area contributed by atoms with Crippen molar-refractivity contribution >= 4 is 11.9 Å². The van der Waals surface area contributed by atoms with Gasteiger partial charge in [0.25, 0.3) is 0 Å². The summed E-state index contributed by atoms with van der Waals surface area (Å²) in [6.45, 7) is 10.4. The van der Waals surface area contributed by atoms with E-state index in [1.54, 1.807) is 20.9 Å². The molecule has 0 spiro atoms. The van der Waals surface area contributed by atoms with Crippen molar-refractivity contribution in [2.24, 2.45) is 0 Å². The molecule has 0 aliphatic heterocycles. The molecule has 0 radical (unpaired) electrons. The van der Waals surface area contributed by atoms with Crippen molar-refractivity contribution < 1.29 is 14.4 Å². The van der Waals surface area contributed by atoms with Crippen LogP contribution in [0.15, 0.2) is 0 Å². The van der Waals surface area contributed by atoms with Crippen LogP contribution < -0.4 is 5.32 Å². The van der Waals surface area contributed by atoms with E-state index in [4.69, 9.17) is 4.84 Å². The first-order chi connectivity index (χ1) is 6.97. The first-order valence-electron chi connectivity index (χ1n) is 5.22. The SMILES string of the molecule is CC(=O)ON(C)C(C)(C)C(=O)NC(C)(C)C. The fraction of sp³-hybridized carbons (Fsp3) is 0.818. The number of carbonyl (C=O) groups excluding carboxylic acids is 2. The van der Waals surface area contributed by atoms with Crippen LogP contribution in [-0.4, -0.2) is 35.1 Å². The van der Waals surface area contributed by atoms with Crippen molar-refractivity contribution in [2.45, 2.75) is 52.6 Å². The first kappa shape index (κ1) is 14.9. The van der Waals surface area contributed by atoms with E-state index in [2.05, 4.69) is 5.32 Å². The Morgan fingerprint density at radius 1 is 1.12 bits per heavy atom. The molecule has 0 aromatic carbocycles. The van der Waals surface area contributed by atoms with Gasteiger partial charge in [0.1, 0.15) is 5.54 Å². The maximum Gasteiger partial charge on any atom is 0.322 e. The predicted octanol–water partition coefficient (Wildman–Crippen LogP) is 1.09. The molecular weight excluding hydrogens is 208 g/mol. The smallest absolute Gasteiger partial charge is 0.322 e. The lowest BCUT2D eigenvalue weighted by molar-refractivity contribution is -0.205. The van der Waals surface area contributed by atoms with E-state index in [0.29, 0.717) is 0 Å². The van der Waals surface area contributed by atoms with Gasteiger partial charge in [-0.3, -0.25) is 9.59 Å². The zero-order valence-electron chi connectivity index (χ0n) is 11.2. The highest BCUT2D eigenvalue weighted by atomic mass is 16.7.